The third kappa shape index (κ3) is 4.93. The molecular formula is C23H28F2N2O2. The number of halogens is 2. The van der Waals surface area contributed by atoms with E-state index in [1.807, 2.05) is 43.0 Å². The summed E-state index contributed by atoms with van der Waals surface area (Å²) in [5, 5.41) is 0. The van der Waals surface area contributed by atoms with Crippen molar-refractivity contribution >= 4 is 11.6 Å². The van der Waals surface area contributed by atoms with E-state index in [-0.39, 0.29) is 17.9 Å². The van der Waals surface area contributed by atoms with Crippen LogP contribution in [-0.2, 0) is 11.3 Å². The largest absolute Gasteiger partial charge is 0.497 e. The minimum absolute atomic E-state index is 0.0608. The molecule has 0 bridgehead atoms. The fraction of sp³-hybridized carbons (Fsp3) is 0.435. The van der Waals surface area contributed by atoms with Gasteiger partial charge in [0.15, 0.2) is 11.6 Å². The number of ether oxygens (including phenoxy) is 1. The average molecular weight is 402 g/mol. The minimum Gasteiger partial charge on any atom is -0.497 e. The summed E-state index contributed by atoms with van der Waals surface area (Å²) in [5.74, 6) is -0.927. The number of carbonyl (C=O) groups excluding carboxylic acids is 1. The van der Waals surface area contributed by atoms with Crippen LogP contribution in [0.2, 0.25) is 0 Å². The van der Waals surface area contributed by atoms with E-state index < -0.39 is 11.6 Å². The van der Waals surface area contributed by atoms with Gasteiger partial charge in [-0.1, -0.05) is 32.0 Å². The van der Waals surface area contributed by atoms with Crippen LogP contribution < -0.4 is 9.64 Å². The highest BCUT2D eigenvalue weighted by atomic mass is 19.2. The van der Waals surface area contributed by atoms with Crippen LogP contribution >= 0.6 is 0 Å². The maximum Gasteiger partial charge on any atom is 0.229 e. The second kappa shape index (κ2) is 9.35. The van der Waals surface area contributed by atoms with Crippen LogP contribution in [-0.4, -0.2) is 37.0 Å². The number of hydrogen-bond acceptors (Lipinski definition) is 3. The first kappa shape index (κ1) is 21.2. The lowest BCUT2D eigenvalue weighted by Gasteiger charge is -2.39. The molecule has 0 atom stereocenters. The van der Waals surface area contributed by atoms with Gasteiger partial charge in [0, 0.05) is 48.9 Å². The maximum atomic E-state index is 14.0. The normalized spacial score (nSPS) is 15.5. The Labute approximate surface area is 171 Å². The zero-order valence-corrected chi connectivity index (χ0v) is 17.2. The Morgan fingerprint density at radius 3 is 2.52 bits per heavy atom. The van der Waals surface area contributed by atoms with E-state index in [1.54, 1.807) is 13.2 Å². The van der Waals surface area contributed by atoms with Crippen LogP contribution in [0, 0.1) is 17.6 Å². The topological polar surface area (TPSA) is 32.8 Å². The number of rotatable bonds is 6. The zero-order valence-electron chi connectivity index (χ0n) is 17.2. The number of benzene rings is 2. The standard InChI is InChI=1S/C23H28F2N2O2/c1-16(2)23(28)27(19-7-5-8-20(14-19)29-3)18-10-12-26(13-11-18)15-17-6-4-9-21(24)22(17)25/h4-9,14,16,18H,10-13,15H2,1-3H3. The molecular weight excluding hydrogens is 374 g/mol. The van der Waals surface area contributed by atoms with Gasteiger partial charge in [0.2, 0.25) is 5.91 Å². The summed E-state index contributed by atoms with van der Waals surface area (Å²) in [5.41, 5.74) is 1.20. The predicted molar refractivity (Wildman–Crippen MR) is 110 cm³/mol. The Kier molecular flexibility index (Phi) is 6.85. The van der Waals surface area contributed by atoms with E-state index in [1.165, 1.54) is 6.07 Å². The number of nitrogens with zero attached hydrogens (tertiary/aromatic N) is 2. The van der Waals surface area contributed by atoms with Crippen molar-refractivity contribution in [2.45, 2.75) is 39.3 Å². The molecule has 0 spiro atoms. The summed E-state index contributed by atoms with van der Waals surface area (Å²) in [6.07, 6.45) is 1.54. The lowest BCUT2D eigenvalue weighted by molar-refractivity contribution is -0.122. The molecule has 1 heterocycles. The molecule has 1 aliphatic heterocycles. The minimum atomic E-state index is -0.816. The molecule has 1 saturated heterocycles. The molecule has 0 aromatic heterocycles. The molecule has 3 rings (SSSR count). The van der Waals surface area contributed by atoms with Crippen molar-refractivity contribution in [1.82, 2.24) is 4.90 Å². The van der Waals surface area contributed by atoms with Crippen molar-refractivity contribution in [3.63, 3.8) is 0 Å². The van der Waals surface area contributed by atoms with E-state index >= 15 is 0 Å². The van der Waals surface area contributed by atoms with Crippen molar-refractivity contribution in [2.24, 2.45) is 5.92 Å². The summed E-state index contributed by atoms with van der Waals surface area (Å²) < 4.78 is 32.8. The van der Waals surface area contributed by atoms with Crippen molar-refractivity contribution in [3.8, 4) is 5.75 Å². The van der Waals surface area contributed by atoms with Gasteiger partial charge in [-0.25, -0.2) is 8.78 Å². The highest BCUT2D eigenvalue weighted by molar-refractivity contribution is 5.95. The van der Waals surface area contributed by atoms with Crippen LogP contribution in [0.15, 0.2) is 42.5 Å². The van der Waals surface area contributed by atoms with E-state index in [0.29, 0.717) is 30.9 Å². The highest BCUT2D eigenvalue weighted by Gasteiger charge is 2.30. The molecule has 0 saturated carbocycles. The predicted octanol–water partition coefficient (Wildman–Crippen LogP) is 4.63. The zero-order chi connectivity index (χ0) is 21.0. The van der Waals surface area contributed by atoms with E-state index in [9.17, 15) is 13.6 Å². The third-order valence-electron chi connectivity index (χ3n) is 5.41. The summed E-state index contributed by atoms with van der Waals surface area (Å²) in [4.78, 5) is 17.0. The first-order chi connectivity index (χ1) is 13.9. The Bertz CT molecular complexity index is 849. The van der Waals surface area contributed by atoms with Crippen LogP contribution in [0.5, 0.6) is 5.75 Å². The van der Waals surface area contributed by atoms with Crippen LogP contribution in [0.3, 0.4) is 0 Å². The first-order valence-electron chi connectivity index (χ1n) is 10.0. The lowest BCUT2D eigenvalue weighted by atomic mass is 9.99. The van der Waals surface area contributed by atoms with Crippen LogP contribution in [0.1, 0.15) is 32.3 Å². The monoisotopic (exact) mass is 402 g/mol. The molecule has 0 unspecified atom stereocenters. The first-order valence-corrected chi connectivity index (χ1v) is 10.0. The molecule has 2 aromatic carbocycles. The van der Waals surface area contributed by atoms with Gasteiger partial charge in [-0.2, -0.15) is 0 Å². The molecule has 29 heavy (non-hydrogen) atoms. The SMILES string of the molecule is COc1cccc(N(C(=O)C(C)C)C2CCN(Cc3cccc(F)c3F)CC2)c1. The van der Waals surface area contributed by atoms with Gasteiger partial charge in [0.05, 0.1) is 7.11 Å². The van der Waals surface area contributed by atoms with Gasteiger partial charge >= 0.3 is 0 Å². The lowest BCUT2D eigenvalue weighted by Crippen LogP contribution is -2.48. The molecule has 1 amide bonds. The van der Waals surface area contributed by atoms with Crippen LogP contribution in [0.4, 0.5) is 14.5 Å². The number of carbonyl (C=O) groups is 1. The van der Waals surface area contributed by atoms with Gasteiger partial charge in [-0.15, -0.1) is 0 Å². The Hall–Kier alpha value is -2.47. The van der Waals surface area contributed by atoms with Crippen molar-refractivity contribution in [1.29, 1.82) is 0 Å². The smallest absolute Gasteiger partial charge is 0.229 e. The average Bonchev–Trinajstić information content (AvgIpc) is 2.73. The van der Waals surface area contributed by atoms with Crippen molar-refractivity contribution in [3.05, 3.63) is 59.7 Å². The highest BCUT2D eigenvalue weighted by Crippen LogP contribution is 2.29. The maximum absolute atomic E-state index is 14.0. The summed E-state index contributed by atoms with van der Waals surface area (Å²) in [6.45, 7) is 5.60. The molecule has 6 heteroatoms. The molecule has 156 valence electrons. The number of methoxy groups -OCH3 is 1. The van der Waals surface area contributed by atoms with Gasteiger partial charge in [-0.3, -0.25) is 9.69 Å². The van der Waals surface area contributed by atoms with Gasteiger partial charge in [-0.05, 0) is 31.0 Å². The Morgan fingerprint density at radius 1 is 1.17 bits per heavy atom. The number of amides is 1. The van der Waals surface area contributed by atoms with Crippen molar-refractivity contribution < 1.29 is 18.3 Å². The van der Waals surface area contributed by atoms with Crippen LogP contribution in [0.25, 0.3) is 0 Å². The molecule has 0 radical (unpaired) electrons. The fourth-order valence-electron chi connectivity index (χ4n) is 3.80. The second-order valence-electron chi connectivity index (χ2n) is 7.78. The van der Waals surface area contributed by atoms with Gasteiger partial charge in [0.25, 0.3) is 0 Å². The Morgan fingerprint density at radius 2 is 1.86 bits per heavy atom. The third-order valence-corrected chi connectivity index (χ3v) is 5.41. The van der Waals surface area contributed by atoms with Gasteiger partial charge < -0.3 is 9.64 Å². The van der Waals surface area contributed by atoms with E-state index in [2.05, 4.69) is 4.90 Å². The molecule has 4 nitrogen and oxygen atoms in total. The number of piperidine rings is 1. The molecule has 1 aliphatic rings. The summed E-state index contributed by atoms with van der Waals surface area (Å²) in [6, 6.07) is 11.9. The molecule has 1 fully saturated rings. The second-order valence-corrected chi connectivity index (χ2v) is 7.78. The fourth-order valence-corrected chi connectivity index (χ4v) is 3.80. The molecule has 0 aliphatic carbocycles. The summed E-state index contributed by atoms with van der Waals surface area (Å²) in [7, 11) is 1.61. The number of anilines is 1. The number of likely N-dealkylation sites (tertiary alicyclic amines) is 1. The Balaban J connectivity index is 1.73. The van der Waals surface area contributed by atoms with E-state index in [0.717, 1.165) is 24.6 Å². The molecule has 0 N–H and O–H groups in total. The van der Waals surface area contributed by atoms with Gasteiger partial charge in [0.1, 0.15) is 5.75 Å². The molecule has 2 aromatic rings. The van der Waals surface area contributed by atoms with E-state index in [4.69, 9.17) is 4.74 Å². The number of hydrogen-bond donors (Lipinski definition) is 0. The van der Waals surface area contributed by atoms with Crippen molar-refractivity contribution in [2.75, 3.05) is 25.1 Å². The quantitative estimate of drug-likeness (QED) is 0.706. The summed E-state index contributed by atoms with van der Waals surface area (Å²) >= 11 is 0.